The zero-order valence-electron chi connectivity index (χ0n) is 12.0. The van der Waals surface area contributed by atoms with Gasteiger partial charge in [-0.3, -0.25) is 9.59 Å². The second kappa shape index (κ2) is 8.91. The van der Waals surface area contributed by atoms with Gasteiger partial charge in [0.1, 0.15) is 0 Å². The summed E-state index contributed by atoms with van der Waals surface area (Å²) in [5.74, 6) is -1.31. The highest BCUT2D eigenvalue weighted by Gasteiger charge is 2.19. The first-order valence-electron chi connectivity index (χ1n) is 6.53. The van der Waals surface area contributed by atoms with Crippen molar-refractivity contribution in [2.45, 2.75) is 33.1 Å². The largest absolute Gasteiger partial charge is 0.481 e. The van der Waals surface area contributed by atoms with Crippen LogP contribution < -0.4 is 0 Å². The van der Waals surface area contributed by atoms with Crippen LogP contribution in [0.4, 0.5) is 0 Å². The van der Waals surface area contributed by atoms with Crippen molar-refractivity contribution in [3.05, 3.63) is 0 Å². The average Bonchev–Trinajstić information content (AvgIpc) is 2.30. The van der Waals surface area contributed by atoms with Crippen LogP contribution in [0.3, 0.4) is 0 Å². The van der Waals surface area contributed by atoms with E-state index in [0.29, 0.717) is 19.5 Å². The number of carbonyl (C=O) groups excluding carboxylic acids is 1. The minimum absolute atomic E-state index is 0.0619. The standard InChI is InChI=1S/C13H26N2O3/c1-5-6-7-12(16)15(9-8-14(3)4)10-11(2)13(17)18/h11H,5-10H2,1-4H3,(H,17,18). The second-order valence-corrected chi connectivity index (χ2v) is 4.99. The number of nitrogens with zero attached hydrogens (tertiary/aromatic N) is 2. The molecule has 0 saturated carbocycles. The Balaban J connectivity index is 4.40. The SMILES string of the molecule is CCCCC(=O)N(CCN(C)C)CC(C)C(=O)O. The lowest BCUT2D eigenvalue weighted by atomic mass is 10.1. The molecule has 106 valence electrons. The van der Waals surface area contributed by atoms with Gasteiger partial charge in [-0.15, -0.1) is 0 Å². The number of carbonyl (C=O) groups is 2. The van der Waals surface area contributed by atoms with E-state index < -0.39 is 11.9 Å². The second-order valence-electron chi connectivity index (χ2n) is 4.99. The normalized spacial score (nSPS) is 12.5. The van der Waals surface area contributed by atoms with Gasteiger partial charge in [0.2, 0.25) is 5.91 Å². The fraction of sp³-hybridized carbons (Fsp3) is 0.846. The average molecular weight is 258 g/mol. The van der Waals surface area contributed by atoms with E-state index in [4.69, 9.17) is 5.11 Å². The predicted octanol–water partition coefficient (Wildman–Crippen LogP) is 1.29. The maximum Gasteiger partial charge on any atom is 0.308 e. The fourth-order valence-corrected chi connectivity index (χ4v) is 1.53. The van der Waals surface area contributed by atoms with Gasteiger partial charge in [0.15, 0.2) is 0 Å². The molecule has 1 atom stereocenters. The number of hydrogen-bond donors (Lipinski definition) is 1. The zero-order chi connectivity index (χ0) is 14.1. The van der Waals surface area contributed by atoms with Crippen LogP contribution in [0.1, 0.15) is 33.1 Å². The number of hydrogen-bond acceptors (Lipinski definition) is 3. The molecule has 0 radical (unpaired) electrons. The van der Waals surface area contributed by atoms with Crippen LogP contribution in [-0.4, -0.2) is 60.5 Å². The van der Waals surface area contributed by atoms with Gasteiger partial charge >= 0.3 is 5.97 Å². The lowest BCUT2D eigenvalue weighted by Gasteiger charge is -2.26. The highest BCUT2D eigenvalue weighted by molar-refractivity contribution is 5.77. The lowest BCUT2D eigenvalue weighted by Crippen LogP contribution is -2.40. The first-order chi connectivity index (χ1) is 8.38. The van der Waals surface area contributed by atoms with Crippen LogP contribution in [0.5, 0.6) is 0 Å². The van der Waals surface area contributed by atoms with E-state index in [1.54, 1.807) is 11.8 Å². The molecular weight excluding hydrogens is 232 g/mol. The summed E-state index contributed by atoms with van der Waals surface area (Å²) < 4.78 is 0. The van der Waals surface area contributed by atoms with Crippen molar-refractivity contribution in [3.8, 4) is 0 Å². The Morgan fingerprint density at radius 3 is 2.28 bits per heavy atom. The van der Waals surface area contributed by atoms with E-state index in [9.17, 15) is 9.59 Å². The quantitative estimate of drug-likeness (QED) is 0.677. The van der Waals surface area contributed by atoms with E-state index in [0.717, 1.165) is 19.4 Å². The zero-order valence-corrected chi connectivity index (χ0v) is 12.0. The van der Waals surface area contributed by atoms with E-state index in [-0.39, 0.29) is 5.91 Å². The van der Waals surface area contributed by atoms with Gasteiger partial charge in [0.05, 0.1) is 5.92 Å². The number of rotatable bonds is 9. The number of carboxylic acid groups (broad SMARTS) is 1. The Labute approximate surface area is 110 Å². The van der Waals surface area contributed by atoms with Crippen molar-refractivity contribution in [1.29, 1.82) is 0 Å². The first kappa shape index (κ1) is 16.9. The molecule has 0 fully saturated rings. The Kier molecular flexibility index (Phi) is 8.37. The Hall–Kier alpha value is -1.10. The van der Waals surface area contributed by atoms with E-state index in [1.807, 2.05) is 25.9 Å². The van der Waals surface area contributed by atoms with Gasteiger partial charge in [0.25, 0.3) is 0 Å². The molecule has 0 aromatic rings. The molecular formula is C13H26N2O3. The molecule has 0 aliphatic carbocycles. The van der Waals surface area contributed by atoms with Crippen molar-refractivity contribution in [3.63, 3.8) is 0 Å². The number of likely N-dealkylation sites (N-methyl/N-ethyl adjacent to an activating group) is 1. The molecule has 5 heteroatoms. The summed E-state index contributed by atoms with van der Waals surface area (Å²) in [6, 6.07) is 0. The summed E-state index contributed by atoms with van der Waals surface area (Å²) in [7, 11) is 3.88. The number of unbranched alkanes of at least 4 members (excludes halogenated alkanes) is 1. The molecule has 1 amide bonds. The monoisotopic (exact) mass is 258 g/mol. The van der Waals surface area contributed by atoms with Crippen LogP contribution >= 0.6 is 0 Å². The van der Waals surface area contributed by atoms with Gasteiger partial charge in [-0.1, -0.05) is 20.3 Å². The maximum absolute atomic E-state index is 12.0. The number of aliphatic carboxylic acids is 1. The summed E-state index contributed by atoms with van der Waals surface area (Å²) in [5.41, 5.74) is 0. The summed E-state index contributed by atoms with van der Waals surface area (Å²) in [4.78, 5) is 26.5. The highest BCUT2D eigenvalue weighted by Crippen LogP contribution is 2.05. The maximum atomic E-state index is 12.0. The molecule has 1 unspecified atom stereocenters. The topological polar surface area (TPSA) is 60.9 Å². The van der Waals surface area contributed by atoms with Gasteiger partial charge in [-0.2, -0.15) is 0 Å². The Morgan fingerprint density at radius 2 is 1.83 bits per heavy atom. The Bertz CT molecular complexity index is 267. The Morgan fingerprint density at radius 1 is 1.22 bits per heavy atom. The minimum atomic E-state index is -0.854. The van der Waals surface area contributed by atoms with E-state index in [1.165, 1.54) is 0 Å². The first-order valence-corrected chi connectivity index (χ1v) is 6.53. The van der Waals surface area contributed by atoms with Crippen molar-refractivity contribution in [2.75, 3.05) is 33.7 Å². The minimum Gasteiger partial charge on any atom is -0.481 e. The molecule has 5 nitrogen and oxygen atoms in total. The molecule has 1 N–H and O–H groups in total. The number of carboxylic acids is 1. The molecule has 0 aromatic carbocycles. The van der Waals surface area contributed by atoms with Crippen molar-refractivity contribution >= 4 is 11.9 Å². The third-order valence-corrected chi connectivity index (χ3v) is 2.83. The third-order valence-electron chi connectivity index (χ3n) is 2.83. The molecule has 0 heterocycles. The number of amides is 1. The van der Waals surface area contributed by atoms with Crippen LogP contribution in [0.15, 0.2) is 0 Å². The molecule has 0 aromatic heterocycles. The van der Waals surface area contributed by atoms with Crippen LogP contribution in [-0.2, 0) is 9.59 Å². The summed E-state index contributed by atoms with van der Waals surface area (Å²) >= 11 is 0. The van der Waals surface area contributed by atoms with Gasteiger partial charge in [0, 0.05) is 26.1 Å². The smallest absolute Gasteiger partial charge is 0.308 e. The van der Waals surface area contributed by atoms with Crippen molar-refractivity contribution < 1.29 is 14.7 Å². The van der Waals surface area contributed by atoms with Crippen molar-refractivity contribution in [2.24, 2.45) is 5.92 Å². The molecule has 0 spiro atoms. The van der Waals surface area contributed by atoms with Gasteiger partial charge in [-0.25, -0.2) is 0 Å². The highest BCUT2D eigenvalue weighted by atomic mass is 16.4. The van der Waals surface area contributed by atoms with E-state index >= 15 is 0 Å². The summed E-state index contributed by atoms with van der Waals surface area (Å²) in [6.07, 6.45) is 2.34. The molecule has 0 rings (SSSR count). The van der Waals surface area contributed by atoms with Crippen LogP contribution in [0, 0.1) is 5.92 Å². The molecule has 0 bridgehead atoms. The van der Waals surface area contributed by atoms with E-state index in [2.05, 4.69) is 0 Å². The molecule has 0 aliphatic heterocycles. The predicted molar refractivity (Wildman–Crippen MR) is 71.5 cm³/mol. The third kappa shape index (κ3) is 7.27. The van der Waals surface area contributed by atoms with Gasteiger partial charge in [-0.05, 0) is 20.5 Å². The summed E-state index contributed by atoms with van der Waals surface area (Å²) in [6.45, 7) is 5.32. The molecule has 0 aliphatic rings. The van der Waals surface area contributed by atoms with Crippen LogP contribution in [0.2, 0.25) is 0 Å². The lowest BCUT2D eigenvalue weighted by molar-refractivity contribution is -0.143. The van der Waals surface area contributed by atoms with Crippen molar-refractivity contribution in [1.82, 2.24) is 9.80 Å². The molecule has 0 saturated heterocycles. The van der Waals surface area contributed by atoms with Crippen LogP contribution in [0.25, 0.3) is 0 Å². The molecule has 18 heavy (non-hydrogen) atoms. The van der Waals surface area contributed by atoms with Gasteiger partial charge < -0.3 is 14.9 Å². The fourth-order valence-electron chi connectivity index (χ4n) is 1.53. The summed E-state index contributed by atoms with van der Waals surface area (Å²) in [5, 5.41) is 8.92.